The van der Waals surface area contributed by atoms with Crippen LogP contribution in [-0.4, -0.2) is 22.1 Å². The maximum Gasteiger partial charge on any atom is 0.136 e. The van der Waals surface area contributed by atoms with Crippen LogP contribution >= 0.6 is 0 Å². The quantitative estimate of drug-likeness (QED) is 0.786. The molecule has 0 saturated carbocycles. The summed E-state index contributed by atoms with van der Waals surface area (Å²) in [6.07, 6.45) is 1.22. The van der Waals surface area contributed by atoms with Crippen LogP contribution in [0.15, 0.2) is 30.3 Å². The zero-order chi connectivity index (χ0) is 16.8. The van der Waals surface area contributed by atoms with Crippen molar-refractivity contribution in [2.24, 2.45) is 0 Å². The van der Waals surface area contributed by atoms with E-state index in [0.717, 1.165) is 35.3 Å². The third-order valence-corrected chi connectivity index (χ3v) is 3.34. The Balaban J connectivity index is 2.10. The monoisotopic (exact) mass is 314 g/mol. The van der Waals surface area contributed by atoms with Crippen LogP contribution < -0.4 is 15.4 Å². The van der Waals surface area contributed by atoms with Crippen molar-refractivity contribution in [3.8, 4) is 5.75 Å². The summed E-state index contributed by atoms with van der Waals surface area (Å²) in [6.45, 7) is 10.2. The maximum absolute atomic E-state index is 5.65. The van der Waals surface area contributed by atoms with Crippen LogP contribution in [0.4, 0.5) is 17.3 Å². The van der Waals surface area contributed by atoms with Gasteiger partial charge in [0.1, 0.15) is 23.2 Å². The van der Waals surface area contributed by atoms with Gasteiger partial charge in [-0.2, -0.15) is 0 Å². The summed E-state index contributed by atoms with van der Waals surface area (Å²) in [6, 6.07) is 10.2. The molecule has 2 aromatic rings. The molecule has 0 aliphatic heterocycles. The Morgan fingerprint density at radius 3 is 2.30 bits per heavy atom. The van der Waals surface area contributed by atoms with E-state index in [-0.39, 0.29) is 6.10 Å². The minimum absolute atomic E-state index is 0.174. The van der Waals surface area contributed by atoms with Gasteiger partial charge in [-0.3, -0.25) is 0 Å². The van der Waals surface area contributed by atoms with Crippen molar-refractivity contribution >= 4 is 17.3 Å². The van der Waals surface area contributed by atoms with Gasteiger partial charge >= 0.3 is 0 Å². The molecular formula is C18H26N4O. The van der Waals surface area contributed by atoms with Crippen LogP contribution in [0.1, 0.15) is 39.9 Å². The van der Waals surface area contributed by atoms with Crippen molar-refractivity contribution in [1.29, 1.82) is 0 Å². The van der Waals surface area contributed by atoms with Gasteiger partial charge in [-0.15, -0.1) is 0 Å². The second-order valence-electron chi connectivity index (χ2n) is 5.96. The van der Waals surface area contributed by atoms with E-state index in [0.29, 0.717) is 6.04 Å². The maximum atomic E-state index is 5.65. The van der Waals surface area contributed by atoms with Gasteiger partial charge < -0.3 is 15.4 Å². The first-order chi connectivity index (χ1) is 11.0. The van der Waals surface area contributed by atoms with Crippen molar-refractivity contribution < 1.29 is 4.74 Å². The molecule has 0 amide bonds. The molecular weight excluding hydrogens is 288 g/mol. The zero-order valence-electron chi connectivity index (χ0n) is 14.6. The fourth-order valence-corrected chi connectivity index (χ4v) is 2.10. The smallest absolute Gasteiger partial charge is 0.136 e. The minimum atomic E-state index is 0.174. The molecule has 1 unspecified atom stereocenters. The SMILES string of the molecule is CCC(C)Nc1cc(Nc2ccc(OC(C)C)cc2)nc(C)n1. The number of hydrogen-bond donors (Lipinski definition) is 2. The highest BCUT2D eigenvalue weighted by Gasteiger charge is 2.05. The van der Waals surface area contributed by atoms with E-state index in [9.17, 15) is 0 Å². The van der Waals surface area contributed by atoms with E-state index in [1.807, 2.05) is 51.1 Å². The lowest BCUT2D eigenvalue weighted by molar-refractivity contribution is 0.242. The first-order valence-corrected chi connectivity index (χ1v) is 8.12. The summed E-state index contributed by atoms with van der Waals surface area (Å²) in [4.78, 5) is 8.87. The number of aryl methyl sites for hydroxylation is 1. The summed E-state index contributed by atoms with van der Waals surface area (Å²) < 4.78 is 5.65. The Kier molecular flexibility index (Phi) is 5.79. The van der Waals surface area contributed by atoms with E-state index in [1.165, 1.54) is 0 Å². The molecule has 5 heteroatoms. The predicted octanol–water partition coefficient (Wildman–Crippen LogP) is 4.53. The summed E-state index contributed by atoms with van der Waals surface area (Å²) in [5.74, 6) is 3.22. The van der Waals surface area contributed by atoms with Crippen molar-refractivity contribution in [1.82, 2.24) is 9.97 Å². The standard InChI is InChI=1S/C18H26N4O/c1-6-13(4)19-17-11-18(21-14(5)20-17)22-15-7-9-16(10-8-15)23-12(2)3/h7-13H,6H2,1-5H3,(H2,19,20,21,22). The molecule has 23 heavy (non-hydrogen) atoms. The van der Waals surface area contributed by atoms with Crippen LogP contribution in [0.3, 0.4) is 0 Å². The lowest BCUT2D eigenvalue weighted by Crippen LogP contribution is -2.15. The van der Waals surface area contributed by atoms with E-state index in [4.69, 9.17) is 4.74 Å². The molecule has 124 valence electrons. The summed E-state index contributed by atoms with van der Waals surface area (Å²) in [5, 5.41) is 6.69. The topological polar surface area (TPSA) is 59.1 Å². The zero-order valence-corrected chi connectivity index (χ0v) is 14.6. The highest BCUT2D eigenvalue weighted by molar-refractivity contribution is 5.60. The molecule has 1 aromatic heterocycles. The molecule has 0 aliphatic rings. The normalized spacial score (nSPS) is 12.1. The average Bonchev–Trinajstić information content (AvgIpc) is 2.48. The molecule has 2 N–H and O–H groups in total. The van der Waals surface area contributed by atoms with Crippen molar-refractivity contribution in [3.63, 3.8) is 0 Å². The molecule has 0 aliphatic carbocycles. The Hall–Kier alpha value is -2.30. The fraction of sp³-hybridized carbons (Fsp3) is 0.444. The van der Waals surface area contributed by atoms with Gasteiger partial charge in [0.2, 0.25) is 0 Å². The van der Waals surface area contributed by atoms with Gasteiger partial charge in [-0.05, 0) is 58.4 Å². The van der Waals surface area contributed by atoms with Gasteiger partial charge in [-0.25, -0.2) is 9.97 Å². The molecule has 0 bridgehead atoms. The van der Waals surface area contributed by atoms with Gasteiger partial charge in [0, 0.05) is 17.8 Å². The van der Waals surface area contributed by atoms with E-state index in [2.05, 4.69) is 34.4 Å². The number of rotatable bonds is 7. The molecule has 0 spiro atoms. The summed E-state index contributed by atoms with van der Waals surface area (Å²) in [7, 11) is 0. The molecule has 1 aromatic carbocycles. The molecule has 1 heterocycles. The van der Waals surface area contributed by atoms with Gasteiger partial charge in [0.25, 0.3) is 0 Å². The second-order valence-corrected chi connectivity index (χ2v) is 5.96. The Bertz CT molecular complexity index is 625. The number of nitrogens with zero attached hydrogens (tertiary/aromatic N) is 2. The second kappa shape index (κ2) is 7.81. The summed E-state index contributed by atoms with van der Waals surface area (Å²) >= 11 is 0. The molecule has 0 radical (unpaired) electrons. The number of anilines is 3. The largest absolute Gasteiger partial charge is 0.491 e. The van der Waals surface area contributed by atoms with Crippen LogP contribution in [0.2, 0.25) is 0 Å². The number of benzene rings is 1. The van der Waals surface area contributed by atoms with Crippen molar-refractivity contribution in [2.45, 2.75) is 53.2 Å². The lowest BCUT2D eigenvalue weighted by atomic mass is 10.2. The third kappa shape index (κ3) is 5.43. The molecule has 1 atom stereocenters. The number of nitrogens with one attached hydrogen (secondary N) is 2. The van der Waals surface area contributed by atoms with E-state index in [1.54, 1.807) is 0 Å². The number of aromatic nitrogens is 2. The van der Waals surface area contributed by atoms with Crippen LogP contribution in [0.5, 0.6) is 5.75 Å². The van der Waals surface area contributed by atoms with E-state index >= 15 is 0 Å². The van der Waals surface area contributed by atoms with Gasteiger partial charge in [-0.1, -0.05) is 6.92 Å². The van der Waals surface area contributed by atoms with Crippen LogP contribution in [0, 0.1) is 6.92 Å². The highest BCUT2D eigenvalue weighted by Crippen LogP contribution is 2.21. The molecule has 5 nitrogen and oxygen atoms in total. The molecule has 0 saturated heterocycles. The lowest BCUT2D eigenvalue weighted by Gasteiger charge is -2.14. The summed E-state index contributed by atoms with van der Waals surface area (Å²) in [5.41, 5.74) is 0.966. The fourth-order valence-electron chi connectivity index (χ4n) is 2.10. The van der Waals surface area contributed by atoms with Crippen molar-refractivity contribution in [3.05, 3.63) is 36.2 Å². The highest BCUT2D eigenvalue weighted by atomic mass is 16.5. The van der Waals surface area contributed by atoms with Crippen molar-refractivity contribution in [2.75, 3.05) is 10.6 Å². The Morgan fingerprint density at radius 2 is 1.70 bits per heavy atom. The minimum Gasteiger partial charge on any atom is -0.491 e. The van der Waals surface area contributed by atoms with Gasteiger partial charge in [0.15, 0.2) is 0 Å². The Morgan fingerprint density at radius 1 is 1.04 bits per heavy atom. The predicted molar refractivity (Wildman–Crippen MR) is 95.6 cm³/mol. The van der Waals surface area contributed by atoms with E-state index < -0.39 is 0 Å². The van der Waals surface area contributed by atoms with Crippen LogP contribution in [0.25, 0.3) is 0 Å². The molecule has 2 rings (SSSR count). The average molecular weight is 314 g/mol. The third-order valence-electron chi connectivity index (χ3n) is 3.34. The Labute approximate surface area is 138 Å². The number of ether oxygens (including phenoxy) is 1. The number of hydrogen-bond acceptors (Lipinski definition) is 5. The first kappa shape index (κ1) is 17.1. The van der Waals surface area contributed by atoms with Crippen LogP contribution in [-0.2, 0) is 0 Å². The van der Waals surface area contributed by atoms with Gasteiger partial charge in [0.05, 0.1) is 6.10 Å². The first-order valence-electron chi connectivity index (χ1n) is 8.12. The molecule has 0 fully saturated rings.